The summed E-state index contributed by atoms with van der Waals surface area (Å²) < 4.78 is 1.04. The predicted octanol–water partition coefficient (Wildman–Crippen LogP) is 1.10. The van der Waals surface area contributed by atoms with Gasteiger partial charge in [-0.25, -0.2) is 4.98 Å². The van der Waals surface area contributed by atoms with Crippen LogP contribution in [0.5, 0.6) is 0 Å². The van der Waals surface area contributed by atoms with E-state index >= 15 is 0 Å². The minimum absolute atomic E-state index is 0.708. The van der Waals surface area contributed by atoms with E-state index in [1.165, 1.54) is 0 Å². The third kappa shape index (κ3) is 0.970. The lowest BCUT2D eigenvalue weighted by Crippen LogP contribution is -1.89. The largest absolute Gasteiger partial charge is 0.220 e. The van der Waals surface area contributed by atoms with E-state index in [4.69, 9.17) is 0 Å². The van der Waals surface area contributed by atoms with Crippen LogP contribution < -0.4 is 0 Å². The van der Waals surface area contributed by atoms with Crippen LogP contribution in [0.2, 0.25) is 0 Å². The van der Waals surface area contributed by atoms with E-state index in [0.29, 0.717) is 5.65 Å². The zero-order valence-electron chi connectivity index (χ0n) is 6.20. The van der Waals surface area contributed by atoms with Crippen LogP contribution in [0.1, 0.15) is 10.7 Å². The number of fused-ring (bicyclic) bond motifs is 1. The molecule has 2 rings (SSSR count). The smallest absolute Gasteiger partial charge is 0.196 e. The second-order valence-electron chi connectivity index (χ2n) is 2.26. The molecular formula is C6H6N4S. The predicted molar refractivity (Wildman–Crippen MR) is 42.5 cm³/mol. The molecule has 0 aliphatic rings. The molecule has 11 heavy (non-hydrogen) atoms. The molecule has 4 nitrogen and oxygen atoms in total. The normalized spacial score (nSPS) is 10.7. The molecule has 0 amide bonds. The first-order valence-electron chi connectivity index (χ1n) is 3.20. The maximum atomic E-state index is 4.18. The summed E-state index contributed by atoms with van der Waals surface area (Å²) in [6.45, 7) is 3.86. The number of nitrogens with zero attached hydrogens (tertiary/aromatic N) is 4. The van der Waals surface area contributed by atoms with Crippen molar-refractivity contribution in [2.45, 2.75) is 13.8 Å². The summed E-state index contributed by atoms with van der Waals surface area (Å²) in [6.07, 6.45) is 0. The second-order valence-corrected chi connectivity index (χ2v) is 3.46. The average molecular weight is 166 g/mol. The number of thiazole rings is 1. The van der Waals surface area contributed by atoms with Gasteiger partial charge in [0, 0.05) is 0 Å². The van der Waals surface area contributed by atoms with Crippen molar-refractivity contribution in [3.05, 3.63) is 10.7 Å². The van der Waals surface area contributed by atoms with Crippen molar-refractivity contribution in [1.29, 1.82) is 0 Å². The van der Waals surface area contributed by atoms with Crippen molar-refractivity contribution in [2.24, 2.45) is 0 Å². The Labute approximate surface area is 67.3 Å². The Balaban J connectivity index is 2.90. The number of hydrogen-bond donors (Lipinski definition) is 0. The molecule has 2 heterocycles. The van der Waals surface area contributed by atoms with Gasteiger partial charge in [0.2, 0.25) is 0 Å². The van der Waals surface area contributed by atoms with Crippen molar-refractivity contribution in [3.8, 4) is 0 Å². The second kappa shape index (κ2) is 2.20. The van der Waals surface area contributed by atoms with Crippen LogP contribution in [0.15, 0.2) is 0 Å². The lowest BCUT2D eigenvalue weighted by atomic mass is 10.5. The molecular weight excluding hydrogens is 160 g/mol. The summed E-state index contributed by atoms with van der Waals surface area (Å²) in [5.41, 5.74) is 1.61. The number of aryl methyl sites for hydroxylation is 2. The Kier molecular flexibility index (Phi) is 1.32. The van der Waals surface area contributed by atoms with Crippen LogP contribution >= 0.6 is 11.3 Å². The third-order valence-electron chi connectivity index (χ3n) is 1.38. The van der Waals surface area contributed by atoms with Crippen molar-refractivity contribution in [1.82, 2.24) is 20.4 Å². The summed E-state index contributed by atoms with van der Waals surface area (Å²) in [7, 11) is 0. The van der Waals surface area contributed by atoms with Gasteiger partial charge in [0.05, 0.1) is 15.4 Å². The van der Waals surface area contributed by atoms with Crippen LogP contribution in [-0.4, -0.2) is 20.4 Å². The van der Waals surface area contributed by atoms with E-state index in [0.717, 1.165) is 15.4 Å². The van der Waals surface area contributed by atoms with Crippen molar-refractivity contribution >= 4 is 21.7 Å². The average Bonchev–Trinajstić information content (AvgIpc) is 2.31. The molecule has 0 aliphatic carbocycles. The molecule has 0 saturated carbocycles. The molecule has 56 valence electrons. The zero-order chi connectivity index (χ0) is 7.84. The zero-order valence-corrected chi connectivity index (χ0v) is 7.01. The molecule has 0 spiro atoms. The van der Waals surface area contributed by atoms with E-state index in [9.17, 15) is 0 Å². The fourth-order valence-corrected chi connectivity index (χ4v) is 1.69. The first-order valence-corrected chi connectivity index (χ1v) is 4.02. The maximum absolute atomic E-state index is 4.18. The molecule has 0 aromatic carbocycles. The van der Waals surface area contributed by atoms with E-state index in [1.807, 2.05) is 13.8 Å². The van der Waals surface area contributed by atoms with Crippen molar-refractivity contribution in [3.63, 3.8) is 0 Å². The molecule has 0 radical (unpaired) electrons. The fraction of sp³-hybridized carbons (Fsp3) is 0.333. The molecule has 2 aromatic rings. The molecule has 0 saturated heterocycles. The van der Waals surface area contributed by atoms with E-state index in [-0.39, 0.29) is 0 Å². The van der Waals surface area contributed by atoms with Gasteiger partial charge >= 0.3 is 0 Å². The molecule has 0 atom stereocenters. The Bertz CT molecular complexity index is 394. The van der Waals surface area contributed by atoms with Crippen molar-refractivity contribution < 1.29 is 0 Å². The van der Waals surface area contributed by atoms with Gasteiger partial charge in [-0.1, -0.05) is 0 Å². The van der Waals surface area contributed by atoms with Crippen molar-refractivity contribution in [2.75, 3.05) is 0 Å². The van der Waals surface area contributed by atoms with Gasteiger partial charge in [-0.3, -0.25) is 0 Å². The molecule has 0 N–H and O–H groups in total. The van der Waals surface area contributed by atoms with Gasteiger partial charge in [0.1, 0.15) is 0 Å². The van der Waals surface area contributed by atoms with Gasteiger partial charge in [0.25, 0.3) is 0 Å². The summed E-state index contributed by atoms with van der Waals surface area (Å²) in [5, 5.41) is 12.2. The van der Waals surface area contributed by atoms with E-state index < -0.39 is 0 Å². The fourth-order valence-electron chi connectivity index (χ4n) is 0.897. The van der Waals surface area contributed by atoms with Crippen LogP contribution in [0.25, 0.3) is 10.3 Å². The molecule has 0 bridgehead atoms. The van der Waals surface area contributed by atoms with E-state index in [2.05, 4.69) is 20.4 Å². The quantitative estimate of drug-likeness (QED) is 0.588. The highest BCUT2D eigenvalue weighted by molar-refractivity contribution is 7.18. The lowest BCUT2D eigenvalue weighted by Gasteiger charge is -1.86. The number of hydrogen-bond acceptors (Lipinski definition) is 5. The summed E-state index contributed by atoms with van der Waals surface area (Å²) >= 11 is 1.60. The van der Waals surface area contributed by atoms with Gasteiger partial charge in [-0.05, 0) is 19.1 Å². The highest BCUT2D eigenvalue weighted by atomic mass is 32.1. The molecule has 0 unspecified atom stereocenters. The van der Waals surface area contributed by atoms with Crippen LogP contribution in [0.3, 0.4) is 0 Å². The number of aromatic nitrogens is 4. The molecule has 2 aromatic heterocycles. The highest BCUT2D eigenvalue weighted by Gasteiger charge is 2.04. The van der Waals surface area contributed by atoms with Gasteiger partial charge in [-0.2, -0.15) is 0 Å². The Morgan fingerprint density at radius 3 is 2.73 bits per heavy atom. The molecule has 5 heteroatoms. The Hall–Kier alpha value is -1.10. The SMILES string of the molecule is Cc1nc2nnnc(C)c2s1. The van der Waals surface area contributed by atoms with Gasteiger partial charge in [0.15, 0.2) is 5.65 Å². The van der Waals surface area contributed by atoms with Gasteiger partial charge in [-0.15, -0.1) is 21.5 Å². The highest BCUT2D eigenvalue weighted by Crippen LogP contribution is 2.20. The standard InChI is InChI=1S/C6H6N4S/c1-3-5-6(9-10-8-3)7-4(2)11-5/h1-2H3. The van der Waals surface area contributed by atoms with Crippen LogP contribution in [-0.2, 0) is 0 Å². The van der Waals surface area contributed by atoms with E-state index in [1.54, 1.807) is 11.3 Å². The van der Waals surface area contributed by atoms with Crippen LogP contribution in [0, 0.1) is 13.8 Å². The Morgan fingerprint density at radius 2 is 2.00 bits per heavy atom. The molecule has 0 aliphatic heterocycles. The minimum atomic E-state index is 0.708. The third-order valence-corrected chi connectivity index (χ3v) is 2.45. The molecule has 0 fully saturated rings. The summed E-state index contributed by atoms with van der Waals surface area (Å²) in [5.74, 6) is 0. The monoisotopic (exact) mass is 166 g/mol. The van der Waals surface area contributed by atoms with Gasteiger partial charge < -0.3 is 0 Å². The first kappa shape index (κ1) is 6.60. The summed E-state index contributed by atoms with van der Waals surface area (Å²) in [6, 6.07) is 0. The first-order chi connectivity index (χ1) is 5.27. The van der Waals surface area contributed by atoms with Crippen LogP contribution in [0.4, 0.5) is 0 Å². The summed E-state index contributed by atoms with van der Waals surface area (Å²) in [4.78, 5) is 4.18. The number of rotatable bonds is 0. The maximum Gasteiger partial charge on any atom is 0.196 e. The topological polar surface area (TPSA) is 51.6 Å². The Morgan fingerprint density at radius 1 is 1.18 bits per heavy atom. The minimum Gasteiger partial charge on any atom is -0.220 e. The lowest BCUT2D eigenvalue weighted by molar-refractivity contribution is 0.865.